The van der Waals surface area contributed by atoms with Crippen LogP contribution in [-0.4, -0.2) is 0 Å². The van der Waals surface area contributed by atoms with Crippen molar-refractivity contribution < 1.29 is 0 Å². The van der Waals surface area contributed by atoms with Crippen molar-refractivity contribution in [2.75, 3.05) is 0 Å². The summed E-state index contributed by atoms with van der Waals surface area (Å²) in [6.45, 7) is 2.08. The molecule has 0 saturated heterocycles. The molecule has 0 radical (unpaired) electrons. The average molecular weight is 465 g/mol. The molecule has 1 unspecified atom stereocenters. The first-order chi connectivity index (χ1) is 7.49. The first-order valence-electron chi connectivity index (χ1n) is 4.33. The molecule has 0 bridgehead atoms. The summed E-state index contributed by atoms with van der Waals surface area (Å²) < 4.78 is 3.30. The van der Waals surface area contributed by atoms with E-state index in [1.54, 1.807) is 22.7 Å². The van der Waals surface area contributed by atoms with Crippen LogP contribution in [0.4, 0.5) is 0 Å². The summed E-state index contributed by atoms with van der Waals surface area (Å²) in [5.74, 6) is 0. The fourth-order valence-electron chi connectivity index (χ4n) is 1.24. The van der Waals surface area contributed by atoms with E-state index in [-0.39, 0.29) is 5.38 Å². The van der Waals surface area contributed by atoms with E-state index in [1.165, 1.54) is 10.4 Å². The van der Waals surface area contributed by atoms with Gasteiger partial charge in [-0.25, -0.2) is 0 Å². The maximum absolute atomic E-state index is 6.46. The standard InChI is InChI=1S/C10H6Br3ClS2/c1-4-2-6(15-9(4)12)8(14)7-3-5(11)10(13)16-7/h2-3,8H,1H3. The van der Waals surface area contributed by atoms with Crippen LogP contribution in [0.5, 0.6) is 0 Å². The number of rotatable bonds is 2. The monoisotopic (exact) mass is 462 g/mol. The molecule has 6 heteroatoms. The Bertz CT molecular complexity index is 433. The first kappa shape index (κ1) is 13.6. The molecule has 2 heterocycles. The molecule has 2 aromatic rings. The summed E-state index contributed by atoms with van der Waals surface area (Å²) in [4.78, 5) is 2.32. The Balaban J connectivity index is 2.34. The molecule has 0 spiro atoms. The molecule has 0 aliphatic rings. The van der Waals surface area contributed by atoms with Crippen LogP contribution in [-0.2, 0) is 0 Å². The van der Waals surface area contributed by atoms with E-state index in [0.717, 1.165) is 16.9 Å². The molecule has 86 valence electrons. The van der Waals surface area contributed by atoms with Crippen molar-refractivity contribution in [2.45, 2.75) is 12.3 Å². The fourth-order valence-corrected chi connectivity index (χ4v) is 5.36. The molecular formula is C10H6Br3ClS2. The molecule has 0 amide bonds. The van der Waals surface area contributed by atoms with Crippen LogP contribution in [0.3, 0.4) is 0 Å². The predicted molar refractivity (Wildman–Crippen MR) is 84.2 cm³/mol. The molecule has 2 rings (SSSR count). The summed E-state index contributed by atoms with van der Waals surface area (Å²) >= 11 is 20.3. The average Bonchev–Trinajstić information content (AvgIpc) is 2.72. The highest BCUT2D eigenvalue weighted by Crippen LogP contribution is 2.43. The van der Waals surface area contributed by atoms with Crippen LogP contribution in [0.2, 0.25) is 0 Å². The van der Waals surface area contributed by atoms with Crippen LogP contribution in [0.15, 0.2) is 24.2 Å². The summed E-state index contributed by atoms with van der Waals surface area (Å²) in [7, 11) is 0. The molecule has 0 aliphatic carbocycles. The van der Waals surface area contributed by atoms with Gasteiger partial charge in [0.1, 0.15) is 5.38 Å². The molecule has 0 N–H and O–H groups in total. The lowest BCUT2D eigenvalue weighted by molar-refractivity contribution is 1.23. The molecule has 1 atom stereocenters. The van der Waals surface area contributed by atoms with E-state index in [2.05, 4.69) is 66.8 Å². The predicted octanol–water partition coefficient (Wildman–Crippen LogP) is 6.73. The highest BCUT2D eigenvalue weighted by atomic mass is 79.9. The van der Waals surface area contributed by atoms with Crippen LogP contribution in [0.25, 0.3) is 0 Å². The summed E-state index contributed by atoms with van der Waals surface area (Å²) in [6.07, 6.45) is 0. The van der Waals surface area contributed by atoms with E-state index in [9.17, 15) is 0 Å². The van der Waals surface area contributed by atoms with Crippen molar-refractivity contribution >= 4 is 82.1 Å². The normalized spacial score (nSPS) is 13.1. The lowest BCUT2D eigenvalue weighted by Gasteiger charge is -2.02. The number of halogens is 4. The topological polar surface area (TPSA) is 0 Å². The van der Waals surface area contributed by atoms with Gasteiger partial charge in [0.15, 0.2) is 0 Å². The van der Waals surface area contributed by atoms with Crippen molar-refractivity contribution in [3.05, 3.63) is 39.5 Å². The lowest BCUT2D eigenvalue weighted by atomic mass is 10.2. The zero-order chi connectivity index (χ0) is 11.9. The van der Waals surface area contributed by atoms with E-state index >= 15 is 0 Å². The van der Waals surface area contributed by atoms with Gasteiger partial charge in [-0.15, -0.1) is 34.3 Å². The van der Waals surface area contributed by atoms with Gasteiger partial charge in [0, 0.05) is 14.2 Å². The van der Waals surface area contributed by atoms with Crippen LogP contribution in [0.1, 0.15) is 20.7 Å². The van der Waals surface area contributed by atoms with Crippen molar-refractivity contribution in [3.8, 4) is 0 Å². The molecule has 16 heavy (non-hydrogen) atoms. The number of alkyl halides is 1. The Morgan fingerprint density at radius 1 is 1.06 bits per heavy atom. The van der Waals surface area contributed by atoms with Gasteiger partial charge in [-0.1, -0.05) is 0 Å². The lowest BCUT2D eigenvalue weighted by Crippen LogP contribution is -1.84. The third-order valence-corrected chi connectivity index (χ3v) is 8.29. The number of aryl methyl sites for hydroxylation is 1. The number of thiophene rings is 2. The third kappa shape index (κ3) is 2.75. The van der Waals surface area contributed by atoms with E-state index in [1.807, 2.05) is 0 Å². The first-order valence-corrected chi connectivity index (χ1v) is 8.78. The quantitative estimate of drug-likeness (QED) is 0.431. The van der Waals surface area contributed by atoms with Gasteiger partial charge >= 0.3 is 0 Å². The van der Waals surface area contributed by atoms with E-state index < -0.39 is 0 Å². The Labute approximate surface area is 132 Å². The van der Waals surface area contributed by atoms with Crippen molar-refractivity contribution in [1.29, 1.82) is 0 Å². The van der Waals surface area contributed by atoms with Gasteiger partial charge in [0.2, 0.25) is 0 Å². The Hall–Kier alpha value is 1.13. The van der Waals surface area contributed by atoms with E-state index in [0.29, 0.717) is 0 Å². The Morgan fingerprint density at radius 3 is 2.06 bits per heavy atom. The zero-order valence-corrected chi connectivity index (χ0v) is 15.2. The zero-order valence-electron chi connectivity index (χ0n) is 8.06. The summed E-state index contributed by atoms with van der Waals surface area (Å²) in [6, 6.07) is 4.20. The Kier molecular flexibility index (Phi) is 4.58. The van der Waals surface area contributed by atoms with Gasteiger partial charge in [-0.05, 0) is 72.4 Å². The molecule has 0 saturated carbocycles. The largest absolute Gasteiger partial charge is 0.131 e. The second-order valence-electron chi connectivity index (χ2n) is 3.24. The molecular weight excluding hydrogens is 459 g/mol. The van der Waals surface area contributed by atoms with E-state index in [4.69, 9.17) is 11.6 Å². The highest BCUT2D eigenvalue weighted by molar-refractivity contribution is 9.13. The van der Waals surface area contributed by atoms with Crippen LogP contribution in [0, 0.1) is 6.92 Å². The van der Waals surface area contributed by atoms with Crippen molar-refractivity contribution in [1.82, 2.24) is 0 Å². The molecule has 0 aliphatic heterocycles. The number of hydrogen-bond acceptors (Lipinski definition) is 2. The van der Waals surface area contributed by atoms with Crippen LogP contribution >= 0.6 is 82.1 Å². The Morgan fingerprint density at radius 2 is 1.62 bits per heavy atom. The minimum absolute atomic E-state index is 0.0670. The third-order valence-electron chi connectivity index (χ3n) is 2.04. The molecule has 0 nitrogen and oxygen atoms in total. The minimum atomic E-state index is -0.0670. The smallest absolute Gasteiger partial charge is 0.102 e. The maximum Gasteiger partial charge on any atom is 0.102 e. The SMILES string of the molecule is Cc1cc(C(Cl)c2cc(Br)c(Br)s2)sc1Br. The fraction of sp³-hybridized carbons (Fsp3) is 0.200. The number of hydrogen-bond donors (Lipinski definition) is 0. The summed E-state index contributed by atoms with van der Waals surface area (Å²) in [5, 5.41) is -0.0670. The molecule has 0 aromatic carbocycles. The molecule has 2 aromatic heterocycles. The second kappa shape index (κ2) is 5.41. The van der Waals surface area contributed by atoms with Gasteiger partial charge in [-0.2, -0.15) is 0 Å². The summed E-state index contributed by atoms with van der Waals surface area (Å²) in [5.41, 5.74) is 1.24. The van der Waals surface area contributed by atoms with Gasteiger partial charge in [0.25, 0.3) is 0 Å². The van der Waals surface area contributed by atoms with Gasteiger partial charge < -0.3 is 0 Å². The van der Waals surface area contributed by atoms with Crippen molar-refractivity contribution in [2.24, 2.45) is 0 Å². The minimum Gasteiger partial charge on any atom is -0.131 e. The second-order valence-corrected chi connectivity index (χ2v) is 9.33. The van der Waals surface area contributed by atoms with Gasteiger partial charge in [-0.3, -0.25) is 0 Å². The van der Waals surface area contributed by atoms with Crippen LogP contribution < -0.4 is 0 Å². The molecule has 0 fully saturated rings. The highest BCUT2D eigenvalue weighted by Gasteiger charge is 2.18. The maximum atomic E-state index is 6.46. The van der Waals surface area contributed by atoms with Gasteiger partial charge in [0.05, 0.1) is 7.57 Å². The van der Waals surface area contributed by atoms with Crippen molar-refractivity contribution in [3.63, 3.8) is 0 Å².